The van der Waals surface area contributed by atoms with Gasteiger partial charge in [0.05, 0.1) is 12.2 Å². The Morgan fingerprint density at radius 1 is 1.17 bits per heavy atom. The van der Waals surface area contributed by atoms with Crippen molar-refractivity contribution in [2.75, 3.05) is 24.3 Å². The zero-order valence-corrected chi connectivity index (χ0v) is 16.3. The van der Waals surface area contributed by atoms with Crippen LogP contribution in [0.2, 0.25) is 0 Å². The highest BCUT2D eigenvalue weighted by Gasteiger charge is 2.01. The Hall–Kier alpha value is -1.83. The maximum atomic E-state index is 5.94. The molecule has 1 aromatic heterocycles. The van der Waals surface area contributed by atoms with Crippen molar-refractivity contribution in [3.63, 3.8) is 0 Å². The molecule has 0 saturated heterocycles. The van der Waals surface area contributed by atoms with Crippen LogP contribution in [-0.2, 0) is 6.54 Å². The maximum Gasteiger partial charge on any atom is 0.193 e. The highest BCUT2D eigenvalue weighted by atomic mass is 127. The minimum Gasteiger partial charge on any atom is -0.370 e. The van der Waals surface area contributed by atoms with E-state index in [-0.39, 0.29) is 24.0 Å². The summed E-state index contributed by atoms with van der Waals surface area (Å²) in [6.45, 7) is 4.61. The van der Waals surface area contributed by atoms with E-state index in [9.17, 15) is 0 Å². The standard InChI is InChI=1S/C17H23N5.HI/c1-12-8-9-14(10-13(12)2)21-17(18)19-11-15-6-5-7-16(20-15)22(3)4;/h5-10H,11H2,1-4H3,(H3,18,19,21);1H. The first-order valence-electron chi connectivity index (χ1n) is 7.23. The predicted molar refractivity (Wildman–Crippen MR) is 109 cm³/mol. The molecule has 0 aliphatic rings. The Balaban J connectivity index is 0.00000264. The molecule has 2 rings (SSSR count). The van der Waals surface area contributed by atoms with E-state index in [2.05, 4.69) is 41.3 Å². The summed E-state index contributed by atoms with van der Waals surface area (Å²) in [6.07, 6.45) is 0. The Kier molecular flexibility index (Phi) is 7.28. The van der Waals surface area contributed by atoms with Crippen molar-refractivity contribution < 1.29 is 0 Å². The van der Waals surface area contributed by atoms with Crippen LogP contribution in [0.15, 0.2) is 41.4 Å². The zero-order valence-electron chi connectivity index (χ0n) is 14.0. The molecule has 0 spiro atoms. The summed E-state index contributed by atoms with van der Waals surface area (Å²) in [5.74, 6) is 1.30. The molecule has 124 valence electrons. The SMILES string of the molecule is Cc1ccc(NC(N)=NCc2cccc(N(C)C)n2)cc1C.I. The molecule has 1 aromatic carbocycles. The highest BCUT2D eigenvalue weighted by Crippen LogP contribution is 2.14. The quantitative estimate of drug-likeness (QED) is 0.448. The van der Waals surface area contributed by atoms with Crippen molar-refractivity contribution in [2.24, 2.45) is 10.7 Å². The minimum atomic E-state index is 0. The fraction of sp³-hybridized carbons (Fsp3) is 0.294. The van der Waals surface area contributed by atoms with E-state index in [0.717, 1.165) is 17.2 Å². The normalized spacial score (nSPS) is 10.9. The van der Waals surface area contributed by atoms with Crippen molar-refractivity contribution in [1.82, 2.24) is 4.98 Å². The lowest BCUT2D eigenvalue weighted by molar-refractivity contribution is 0.958. The van der Waals surface area contributed by atoms with Gasteiger partial charge >= 0.3 is 0 Å². The second-order valence-corrected chi connectivity index (χ2v) is 5.51. The first-order valence-corrected chi connectivity index (χ1v) is 7.23. The van der Waals surface area contributed by atoms with E-state index in [4.69, 9.17) is 5.73 Å². The molecule has 1 heterocycles. The number of nitrogens with zero attached hydrogens (tertiary/aromatic N) is 3. The van der Waals surface area contributed by atoms with Gasteiger partial charge in [-0.05, 0) is 49.2 Å². The molecule has 0 amide bonds. The molecular weight excluding hydrogens is 401 g/mol. The van der Waals surface area contributed by atoms with Gasteiger partial charge in [0.15, 0.2) is 5.96 Å². The fourth-order valence-corrected chi connectivity index (χ4v) is 1.98. The van der Waals surface area contributed by atoms with Gasteiger partial charge in [-0.1, -0.05) is 12.1 Å². The third-order valence-electron chi connectivity index (χ3n) is 3.44. The molecule has 0 aliphatic carbocycles. The Bertz CT molecular complexity index is 682. The molecule has 23 heavy (non-hydrogen) atoms. The van der Waals surface area contributed by atoms with Crippen molar-refractivity contribution in [3.05, 3.63) is 53.2 Å². The Morgan fingerprint density at radius 3 is 2.57 bits per heavy atom. The van der Waals surface area contributed by atoms with E-state index in [0.29, 0.717) is 12.5 Å². The van der Waals surface area contributed by atoms with Crippen LogP contribution in [0.25, 0.3) is 0 Å². The summed E-state index contributed by atoms with van der Waals surface area (Å²) in [4.78, 5) is 10.8. The summed E-state index contributed by atoms with van der Waals surface area (Å²) >= 11 is 0. The molecule has 6 heteroatoms. The largest absolute Gasteiger partial charge is 0.370 e. The number of rotatable bonds is 4. The molecule has 5 nitrogen and oxygen atoms in total. The number of aliphatic imine (C=N–C) groups is 1. The smallest absolute Gasteiger partial charge is 0.193 e. The summed E-state index contributed by atoms with van der Waals surface area (Å²) in [7, 11) is 3.93. The van der Waals surface area contributed by atoms with E-state index in [1.54, 1.807) is 0 Å². The van der Waals surface area contributed by atoms with Gasteiger partial charge in [0.1, 0.15) is 5.82 Å². The first kappa shape index (κ1) is 19.2. The maximum absolute atomic E-state index is 5.94. The Labute approximate surface area is 155 Å². The fourth-order valence-electron chi connectivity index (χ4n) is 1.98. The second-order valence-electron chi connectivity index (χ2n) is 5.51. The van der Waals surface area contributed by atoms with Gasteiger partial charge in [0.2, 0.25) is 0 Å². The van der Waals surface area contributed by atoms with E-state index in [1.165, 1.54) is 11.1 Å². The minimum absolute atomic E-state index is 0. The predicted octanol–water partition coefficient (Wildman–Crippen LogP) is 3.31. The third kappa shape index (κ3) is 5.70. The van der Waals surface area contributed by atoms with E-state index in [1.807, 2.05) is 43.3 Å². The van der Waals surface area contributed by atoms with Crippen molar-refractivity contribution in [3.8, 4) is 0 Å². The number of nitrogens with one attached hydrogen (secondary N) is 1. The summed E-state index contributed by atoms with van der Waals surface area (Å²) in [5.41, 5.74) is 10.2. The van der Waals surface area contributed by atoms with Crippen molar-refractivity contribution >= 4 is 41.4 Å². The van der Waals surface area contributed by atoms with Gasteiger partial charge in [-0.25, -0.2) is 9.98 Å². The molecule has 0 bridgehead atoms. The number of benzene rings is 1. The molecule has 2 aromatic rings. The number of anilines is 2. The summed E-state index contributed by atoms with van der Waals surface area (Å²) < 4.78 is 0. The van der Waals surface area contributed by atoms with E-state index < -0.39 is 0 Å². The van der Waals surface area contributed by atoms with Gasteiger partial charge in [0, 0.05) is 19.8 Å². The van der Waals surface area contributed by atoms with Crippen molar-refractivity contribution in [1.29, 1.82) is 0 Å². The highest BCUT2D eigenvalue weighted by molar-refractivity contribution is 14.0. The number of hydrogen-bond donors (Lipinski definition) is 2. The molecule has 0 atom stereocenters. The number of pyridine rings is 1. The van der Waals surface area contributed by atoms with Gasteiger partial charge in [0.25, 0.3) is 0 Å². The molecule has 3 N–H and O–H groups in total. The molecule has 0 radical (unpaired) electrons. The van der Waals surface area contributed by atoms with Gasteiger partial charge in [-0.3, -0.25) is 0 Å². The number of guanidine groups is 1. The van der Waals surface area contributed by atoms with Gasteiger partial charge < -0.3 is 16.0 Å². The molecular formula is C17H24IN5. The molecule has 0 aliphatic heterocycles. The zero-order chi connectivity index (χ0) is 16.1. The average molecular weight is 425 g/mol. The van der Waals surface area contributed by atoms with E-state index >= 15 is 0 Å². The van der Waals surface area contributed by atoms with Crippen LogP contribution < -0.4 is 16.0 Å². The lowest BCUT2D eigenvalue weighted by Crippen LogP contribution is -2.22. The van der Waals surface area contributed by atoms with Gasteiger partial charge in [-0.2, -0.15) is 0 Å². The molecule has 0 unspecified atom stereocenters. The number of aryl methyl sites for hydroxylation is 2. The monoisotopic (exact) mass is 425 g/mol. The summed E-state index contributed by atoms with van der Waals surface area (Å²) in [6, 6.07) is 12.0. The summed E-state index contributed by atoms with van der Waals surface area (Å²) in [5, 5.41) is 3.11. The number of nitrogens with two attached hydrogens (primary N) is 1. The van der Waals surface area contributed by atoms with Crippen LogP contribution in [0.3, 0.4) is 0 Å². The number of hydrogen-bond acceptors (Lipinski definition) is 3. The van der Waals surface area contributed by atoms with Crippen LogP contribution in [0.5, 0.6) is 0 Å². The lowest BCUT2D eigenvalue weighted by Gasteiger charge is -2.11. The molecule has 0 fully saturated rings. The average Bonchev–Trinajstić information content (AvgIpc) is 2.49. The molecule has 0 saturated carbocycles. The van der Waals surface area contributed by atoms with Crippen LogP contribution >= 0.6 is 24.0 Å². The topological polar surface area (TPSA) is 66.5 Å². The second kappa shape index (κ2) is 8.71. The van der Waals surface area contributed by atoms with Crippen LogP contribution in [0.4, 0.5) is 11.5 Å². The van der Waals surface area contributed by atoms with Crippen LogP contribution in [0.1, 0.15) is 16.8 Å². The Morgan fingerprint density at radius 2 is 1.91 bits per heavy atom. The van der Waals surface area contributed by atoms with Crippen LogP contribution in [-0.4, -0.2) is 25.0 Å². The van der Waals surface area contributed by atoms with Gasteiger partial charge in [-0.15, -0.1) is 24.0 Å². The number of halogens is 1. The lowest BCUT2D eigenvalue weighted by atomic mass is 10.1. The van der Waals surface area contributed by atoms with Crippen molar-refractivity contribution in [2.45, 2.75) is 20.4 Å². The third-order valence-corrected chi connectivity index (χ3v) is 3.44. The first-order chi connectivity index (χ1) is 10.5. The van der Waals surface area contributed by atoms with Crippen LogP contribution in [0, 0.1) is 13.8 Å². The number of aromatic nitrogens is 1.